The third kappa shape index (κ3) is 4.84. The van der Waals surface area contributed by atoms with Gasteiger partial charge in [-0.05, 0) is 25.5 Å². The Hall–Kier alpha value is -3.36. The van der Waals surface area contributed by atoms with Crippen molar-refractivity contribution >= 4 is 34.5 Å². The van der Waals surface area contributed by atoms with E-state index in [4.69, 9.17) is 9.47 Å². The van der Waals surface area contributed by atoms with E-state index in [1.165, 1.54) is 0 Å². The SMILES string of the molecule is CCOC(=O)C(NC(=O)/C(Cc1c[nH]c2ccccc12)=N\O)C(=O)OCC. The number of hydrogen-bond donors (Lipinski definition) is 3. The van der Waals surface area contributed by atoms with Crippen molar-refractivity contribution in [2.75, 3.05) is 13.2 Å². The largest absolute Gasteiger partial charge is 0.464 e. The zero-order chi connectivity index (χ0) is 19.8. The van der Waals surface area contributed by atoms with Gasteiger partial charge >= 0.3 is 11.9 Å². The van der Waals surface area contributed by atoms with Crippen LogP contribution in [0.5, 0.6) is 0 Å². The van der Waals surface area contributed by atoms with Crippen LogP contribution in [0.4, 0.5) is 0 Å². The van der Waals surface area contributed by atoms with E-state index in [0.717, 1.165) is 16.5 Å². The molecule has 0 saturated carbocycles. The molecule has 0 aliphatic heterocycles. The van der Waals surface area contributed by atoms with Crippen LogP contribution in [0.1, 0.15) is 19.4 Å². The van der Waals surface area contributed by atoms with Crippen LogP contribution in [0.25, 0.3) is 10.9 Å². The number of nitrogens with zero attached hydrogens (tertiary/aromatic N) is 1. The normalized spacial score (nSPS) is 11.4. The molecule has 1 aromatic heterocycles. The number of aromatic nitrogens is 1. The summed E-state index contributed by atoms with van der Waals surface area (Å²) in [6.45, 7) is 3.20. The second-order valence-corrected chi connectivity index (χ2v) is 5.49. The van der Waals surface area contributed by atoms with Gasteiger partial charge in [-0.2, -0.15) is 0 Å². The van der Waals surface area contributed by atoms with Gasteiger partial charge < -0.3 is 25.0 Å². The summed E-state index contributed by atoms with van der Waals surface area (Å²) in [5, 5.41) is 15.3. The molecule has 144 valence electrons. The number of carbonyl (C=O) groups excluding carboxylic acids is 3. The molecule has 9 heteroatoms. The van der Waals surface area contributed by atoms with E-state index in [1.54, 1.807) is 20.0 Å². The molecule has 0 aliphatic carbocycles. The Labute approximate surface area is 155 Å². The first kappa shape index (κ1) is 20.0. The van der Waals surface area contributed by atoms with Crippen LogP contribution in [-0.2, 0) is 30.3 Å². The van der Waals surface area contributed by atoms with Gasteiger partial charge in [0.1, 0.15) is 5.71 Å². The van der Waals surface area contributed by atoms with E-state index in [-0.39, 0.29) is 25.3 Å². The number of amides is 1. The molecule has 0 fully saturated rings. The minimum atomic E-state index is -1.64. The van der Waals surface area contributed by atoms with Crippen molar-refractivity contribution in [3.63, 3.8) is 0 Å². The zero-order valence-corrected chi connectivity index (χ0v) is 15.0. The summed E-state index contributed by atoms with van der Waals surface area (Å²) in [7, 11) is 0. The molecule has 1 amide bonds. The number of ether oxygens (including phenoxy) is 2. The number of esters is 2. The van der Waals surface area contributed by atoms with Gasteiger partial charge in [-0.15, -0.1) is 0 Å². The fraction of sp³-hybridized carbons (Fsp3) is 0.333. The Morgan fingerprint density at radius 3 is 2.37 bits per heavy atom. The van der Waals surface area contributed by atoms with Gasteiger partial charge in [0.25, 0.3) is 5.91 Å². The van der Waals surface area contributed by atoms with Crippen molar-refractivity contribution in [3.8, 4) is 0 Å². The highest BCUT2D eigenvalue weighted by molar-refractivity contribution is 6.40. The molecule has 2 rings (SSSR count). The van der Waals surface area contributed by atoms with E-state index in [9.17, 15) is 19.6 Å². The third-order valence-electron chi connectivity index (χ3n) is 3.74. The summed E-state index contributed by atoms with van der Waals surface area (Å²) < 4.78 is 9.57. The molecule has 0 spiro atoms. The Kier molecular flexibility index (Phi) is 6.93. The van der Waals surface area contributed by atoms with Crippen LogP contribution in [0, 0.1) is 0 Å². The lowest BCUT2D eigenvalue weighted by Gasteiger charge is -2.16. The van der Waals surface area contributed by atoms with Gasteiger partial charge in [-0.3, -0.25) is 4.79 Å². The van der Waals surface area contributed by atoms with Gasteiger partial charge in [0.05, 0.1) is 13.2 Å². The van der Waals surface area contributed by atoms with Gasteiger partial charge in [0, 0.05) is 23.5 Å². The number of hydrogen-bond acceptors (Lipinski definition) is 7. The maximum atomic E-state index is 12.4. The topological polar surface area (TPSA) is 130 Å². The maximum Gasteiger partial charge on any atom is 0.340 e. The summed E-state index contributed by atoms with van der Waals surface area (Å²) in [5.41, 5.74) is 1.32. The molecule has 0 atom stereocenters. The predicted octanol–water partition coefficient (Wildman–Crippen LogP) is 1.15. The molecule has 27 heavy (non-hydrogen) atoms. The number of aromatic amines is 1. The van der Waals surface area contributed by atoms with E-state index in [1.807, 2.05) is 24.3 Å². The van der Waals surface area contributed by atoms with Crippen LogP contribution in [0.2, 0.25) is 0 Å². The van der Waals surface area contributed by atoms with E-state index in [0.29, 0.717) is 0 Å². The number of H-pyrrole nitrogens is 1. The van der Waals surface area contributed by atoms with Gasteiger partial charge in [0.2, 0.25) is 6.04 Å². The lowest BCUT2D eigenvalue weighted by Crippen LogP contribution is -2.50. The summed E-state index contributed by atoms with van der Waals surface area (Å²) in [6, 6.07) is 5.78. The third-order valence-corrected chi connectivity index (χ3v) is 3.74. The van der Waals surface area contributed by atoms with Crippen molar-refractivity contribution in [3.05, 3.63) is 36.0 Å². The standard InChI is InChI=1S/C18H21N3O6/c1-3-26-17(23)15(18(24)27-4-2)20-16(22)14(21-25)9-11-10-19-13-8-6-5-7-12(11)13/h5-8,10,15,19,25H,3-4,9H2,1-2H3,(H,20,22)/b21-14-. The zero-order valence-electron chi connectivity index (χ0n) is 15.0. The highest BCUT2D eigenvalue weighted by Crippen LogP contribution is 2.18. The molecule has 2 aromatic rings. The minimum absolute atomic E-state index is 0.00921. The Morgan fingerprint density at radius 1 is 1.15 bits per heavy atom. The fourth-order valence-corrected chi connectivity index (χ4v) is 2.50. The summed E-state index contributed by atoms with van der Waals surface area (Å²) in [6.07, 6.45) is 1.68. The van der Waals surface area contributed by atoms with Crippen molar-refractivity contribution in [1.29, 1.82) is 0 Å². The second-order valence-electron chi connectivity index (χ2n) is 5.49. The van der Waals surface area contributed by atoms with Crippen molar-refractivity contribution in [1.82, 2.24) is 10.3 Å². The molecule has 1 aromatic carbocycles. The molecule has 9 nitrogen and oxygen atoms in total. The average molecular weight is 375 g/mol. The summed E-state index contributed by atoms with van der Waals surface area (Å²) in [5.74, 6) is -2.78. The van der Waals surface area contributed by atoms with E-state index >= 15 is 0 Å². The highest BCUT2D eigenvalue weighted by atomic mass is 16.6. The van der Waals surface area contributed by atoms with Crippen molar-refractivity contribution < 1.29 is 29.1 Å². The lowest BCUT2D eigenvalue weighted by molar-refractivity contribution is -0.159. The minimum Gasteiger partial charge on any atom is -0.464 e. The fourth-order valence-electron chi connectivity index (χ4n) is 2.50. The first-order chi connectivity index (χ1) is 13.0. The first-order valence-corrected chi connectivity index (χ1v) is 8.41. The average Bonchev–Trinajstić information content (AvgIpc) is 3.07. The number of fused-ring (bicyclic) bond motifs is 1. The molecule has 0 aliphatic rings. The monoisotopic (exact) mass is 375 g/mol. The number of rotatable bonds is 8. The van der Waals surface area contributed by atoms with Crippen LogP contribution in [0.15, 0.2) is 35.6 Å². The Morgan fingerprint density at radius 2 is 1.78 bits per heavy atom. The maximum absolute atomic E-state index is 12.4. The predicted molar refractivity (Wildman–Crippen MR) is 96.4 cm³/mol. The summed E-state index contributed by atoms with van der Waals surface area (Å²) >= 11 is 0. The highest BCUT2D eigenvalue weighted by Gasteiger charge is 2.32. The molecule has 0 radical (unpaired) electrons. The number of nitrogens with one attached hydrogen (secondary N) is 2. The molecule has 0 unspecified atom stereocenters. The molecule has 0 bridgehead atoms. The smallest absolute Gasteiger partial charge is 0.340 e. The molecule has 1 heterocycles. The van der Waals surface area contributed by atoms with Crippen molar-refractivity contribution in [2.45, 2.75) is 26.3 Å². The van der Waals surface area contributed by atoms with Gasteiger partial charge in [-0.25, -0.2) is 9.59 Å². The summed E-state index contributed by atoms with van der Waals surface area (Å²) in [4.78, 5) is 39.4. The lowest BCUT2D eigenvalue weighted by atomic mass is 10.1. The van der Waals surface area contributed by atoms with Crippen molar-refractivity contribution in [2.24, 2.45) is 5.16 Å². The molecule has 3 N–H and O–H groups in total. The van der Waals surface area contributed by atoms with Crippen LogP contribution in [-0.4, -0.2) is 53.0 Å². The van der Waals surface area contributed by atoms with Crippen LogP contribution < -0.4 is 5.32 Å². The van der Waals surface area contributed by atoms with Gasteiger partial charge in [-0.1, -0.05) is 23.4 Å². The van der Waals surface area contributed by atoms with Crippen LogP contribution >= 0.6 is 0 Å². The number of benzene rings is 1. The first-order valence-electron chi connectivity index (χ1n) is 8.41. The number of carbonyl (C=O) groups is 3. The van der Waals surface area contributed by atoms with E-state index < -0.39 is 23.9 Å². The molecular formula is C18H21N3O6. The van der Waals surface area contributed by atoms with E-state index in [2.05, 4.69) is 15.5 Å². The van der Waals surface area contributed by atoms with Gasteiger partial charge in [0.15, 0.2) is 0 Å². The molecular weight excluding hydrogens is 354 g/mol. The number of oxime groups is 1. The number of para-hydroxylation sites is 1. The molecule has 0 saturated heterocycles. The van der Waals surface area contributed by atoms with Crippen LogP contribution in [0.3, 0.4) is 0 Å². The second kappa shape index (κ2) is 9.37. The quantitative estimate of drug-likeness (QED) is 0.209. The Balaban J connectivity index is 2.16. The Bertz CT molecular complexity index is 840.